The van der Waals surface area contributed by atoms with E-state index in [2.05, 4.69) is 10.3 Å². The van der Waals surface area contributed by atoms with Gasteiger partial charge in [0.05, 0.1) is 6.42 Å². The highest BCUT2D eigenvalue weighted by Crippen LogP contribution is 2.14. The first-order valence-corrected chi connectivity index (χ1v) is 8.07. The Kier molecular flexibility index (Phi) is 4.95. The van der Waals surface area contributed by atoms with E-state index in [1.165, 1.54) is 0 Å². The van der Waals surface area contributed by atoms with Crippen LogP contribution in [0.4, 0.5) is 5.69 Å². The van der Waals surface area contributed by atoms with Gasteiger partial charge in [0.2, 0.25) is 11.7 Å². The highest BCUT2D eigenvalue weighted by molar-refractivity contribution is 6.30. The maximum absolute atomic E-state index is 12.3. The van der Waals surface area contributed by atoms with Crippen LogP contribution in [0.25, 0.3) is 0 Å². The number of aromatic nitrogens is 2. The van der Waals surface area contributed by atoms with E-state index >= 15 is 0 Å². The predicted molar refractivity (Wildman–Crippen MR) is 96.9 cm³/mol. The molecule has 0 aliphatic rings. The van der Waals surface area contributed by atoms with Gasteiger partial charge in [0.15, 0.2) is 5.82 Å². The van der Waals surface area contributed by atoms with E-state index < -0.39 is 0 Å². The van der Waals surface area contributed by atoms with Crippen LogP contribution < -0.4 is 5.32 Å². The van der Waals surface area contributed by atoms with Gasteiger partial charge in [-0.1, -0.05) is 23.7 Å². The van der Waals surface area contributed by atoms with Gasteiger partial charge in [-0.15, -0.1) is 0 Å². The van der Waals surface area contributed by atoms with Crippen molar-refractivity contribution in [1.29, 1.82) is 0 Å². The monoisotopic (exact) mass is 353 g/mol. The molecule has 0 aliphatic heterocycles. The molecule has 0 fully saturated rings. The van der Waals surface area contributed by atoms with E-state index in [0.717, 1.165) is 5.56 Å². The zero-order valence-corrected chi connectivity index (χ0v) is 14.3. The molecule has 126 valence electrons. The van der Waals surface area contributed by atoms with Gasteiger partial charge in [0.1, 0.15) is 0 Å². The standard InChI is InChI=1S/C19H16ClN3O2/c1-23-11-10-21-19(23)18(25)14-4-8-16(9-5-14)22-17(24)12-13-2-6-15(20)7-3-13/h2-11H,12H2,1H3,(H,22,24). The summed E-state index contributed by atoms with van der Waals surface area (Å²) < 4.78 is 1.67. The molecule has 6 heteroatoms. The van der Waals surface area contributed by atoms with Crippen LogP contribution >= 0.6 is 11.6 Å². The number of amides is 1. The third-order valence-electron chi connectivity index (χ3n) is 3.73. The van der Waals surface area contributed by atoms with Crippen molar-refractivity contribution in [2.75, 3.05) is 5.32 Å². The van der Waals surface area contributed by atoms with Gasteiger partial charge in [-0.05, 0) is 42.0 Å². The summed E-state index contributed by atoms with van der Waals surface area (Å²) in [6.45, 7) is 0. The van der Waals surface area contributed by atoms with Crippen molar-refractivity contribution in [3.05, 3.63) is 82.9 Å². The number of rotatable bonds is 5. The Morgan fingerprint density at radius 2 is 1.76 bits per heavy atom. The number of benzene rings is 2. The summed E-state index contributed by atoms with van der Waals surface area (Å²) in [5, 5.41) is 3.45. The molecule has 0 saturated heterocycles. The molecule has 1 heterocycles. The quantitative estimate of drug-likeness (QED) is 0.714. The zero-order valence-electron chi connectivity index (χ0n) is 13.6. The number of anilines is 1. The molecule has 0 saturated carbocycles. The number of imidazole rings is 1. The summed E-state index contributed by atoms with van der Waals surface area (Å²) in [6.07, 6.45) is 3.56. The number of nitrogens with one attached hydrogen (secondary N) is 1. The minimum Gasteiger partial charge on any atom is -0.331 e. The van der Waals surface area contributed by atoms with Gasteiger partial charge in [0, 0.05) is 35.7 Å². The van der Waals surface area contributed by atoms with Crippen LogP contribution in [0.2, 0.25) is 5.02 Å². The normalized spacial score (nSPS) is 10.5. The molecule has 0 atom stereocenters. The molecule has 1 N–H and O–H groups in total. The lowest BCUT2D eigenvalue weighted by Crippen LogP contribution is -2.14. The highest BCUT2D eigenvalue weighted by Gasteiger charge is 2.13. The van der Waals surface area contributed by atoms with E-state index in [4.69, 9.17) is 11.6 Å². The summed E-state index contributed by atoms with van der Waals surface area (Å²) in [4.78, 5) is 28.5. The van der Waals surface area contributed by atoms with Crippen LogP contribution in [0.1, 0.15) is 21.7 Å². The lowest BCUT2D eigenvalue weighted by atomic mass is 10.1. The first-order valence-electron chi connectivity index (χ1n) is 7.69. The van der Waals surface area contributed by atoms with Gasteiger partial charge in [0.25, 0.3) is 0 Å². The number of hydrogen-bond donors (Lipinski definition) is 1. The zero-order chi connectivity index (χ0) is 17.8. The third-order valence-corrected chi connectivity index (χ3v) is 3.99. The van der Waals surface area contributed by atoms with E-state index in [1.54, 1.807) is 60.4 Å². The molecule has 0 unspecified atom stereocenters. The summed E-state index contributed by atoms with van der Waals surface area (Å²) >= 11 is 5.83. The van der Waals surface area contributed by atoms with Crippen molar-refractivity contribution in [3.63, 3.8) is 0 Å². The van der Waals surface area contributed by atoms with Crippen LogP contribution in [-0.4, -0.2) is 21.2 Å². The second-order valence-electron chi connectivity index (χ2n) is 5.62. The Morgan fingerprint density at radius 1 is 1.08 bits per heavy atom. The Bertz CT molecular complexity index is 899. The fourth-order valence-electron chi connectivity index (χ4n) is 2.41. The number of ketones is 1. The van der Waals surface area contributed by atoms with Gasteiger partial charge in [-0.25, -0.2) is 4.98 Å². The summed E-state index contributed by atoms with van der Waals surface area (Å²) in [7, 11) is 1.77. The summed E-state index contributed by atoms with van der Waals surface area (Å²) in [6, 6.07) is 13.9. The Balaban J connectivity index is 1.64. The first kappa shape index (κ1) is 16.9. The van der Waals surface area contributed by atoms with E-state index in [1.807, 2.05) is 12.1 Å². The molecule has 3 rings (SSSR count). The smallest absolute Gasteiger partial charge is 0.228 e. The molecule has 0 bridgehead atoms. The number of aryl methyl sites for hydroxylation is 1. The molecule has 0 radical (unpaired) electrons. The molecule has 1 aromatic heterocycles. The van der Waals surface area contributed by atoms with Gasteiger partial charge in [-0.3, -0.25) is 9.59 Å². The second-order valence-corrected chi connectivity index (χ2v) is 6.06. The molecule has 3 aromatic rings. The largest absolute Gasteiger partial charge is 0.331 e. The van der Waals surface area contributed by atoms with Gasteiger partial charge < -0.3 is 9.88 Å². The average Bonchev–Trinajstić information content (AvgIpc) is 3.03. The third kappa shape index (κ3) is 4.14. The molecule has 0 aliphatic carbocycles. The van der Waals surface area contributed by atoms with Crippen LogP contribution in [0.3, 0.4) is 0 Å². The van der Waals surface area contributed by atoms with Crippen molar-refractivity contribution < 1.29 is 9.59 Å². The topological polar surface area (TPSA) is 64.0 Å². The van der Waals surface area contributed by atoms with E-state index in [0.29, 0.717) is 22.1 Å². The number of carbonyl (C=O) groups excluding carboxylic acids is 2. The Morgan fingerprint density at radius 3 is 2.36 bits per heavy atom. The van der Waals surface area contributed by atoms with Crippen LogP contribution in [0, 0.1) is 0 Å². The second kappa shape index (κ2) is 7.32. The van der Waals surface area contributed by atoms with Crippen molar-refractivity contribution in [3.8, 4) is 0 Å². The van der Waals surface area contributed by atoms with E-state index in [-0.39, 0.29) is 18.1 Å². The minimum atomic E-state index is -0.161. The molecule has 1 amide bonds. The van der Waals surface area contributed by atoms with Crippen molar-refractivity contribution in [1.82, 2.24) is 9.55 Å². The van der Waals surface area contributed by atoms with Crippen molar-refractivity contribution in [2.45, 2.75) is 6.42 Å². The van der Waals surface area contributed by atoms with Crippen molar-refractivity contribution in [2.24, 2.45) is 7.05 Å². The molecule has 2 aromatic carbocycles. The number of hydrogen-bond acceptors (Lipinski definition) is 3. The SMILES string of the molecule is Cn1ccnc1C(=O)c1ccc(NC(=O)Cc2ccc(Cl)cc2)cc1. The Labute approximate surface area is 150 Å². The average molecular weight is 354 g/mol. The van der Waals surface area contributed by atoms with Crippen LogP contribution in [0.15, 0.2) is 60.9 Å². The van der Waals surface area contributed by atoms with Crippen molar-refractivity contribution >= 4 is 29.0 Å². The fourth-order valence-corrected chi connectivity index (χ4v) is 2.54. The van der Waals surface area contributed by atoms with Crippen LogP contribution in [0.5, 0.6) is 0 Å². The Hall–Kier alpha value is -2.92. The fraction of sp³-hybridized carbons (Fsp3) is 0.105. The molecular weight excluding hydrogens is 338 g/mol. The first-order chi connectivity index (χ1) is 12.0. The van der Waals surface area contributed by atoms with E-state index in [9.17, 15) is 9.59 Å². The number of halogens is 1. The summed E-state index contributed by atoms with van der Waals surface area (Å²) in [5.74, 6) is 0.0802. The predicted octanol–water partition coefficient (Wildman–Crippen LogP) is 3.49. The van der Waals surface area contributed by atoms with Gasteiger partial charge >= 0.3 is 0 Å². The molecular formula is C19H16ClN3O2. The maximum atomic E-state index is 12.3. The highest BCUT2D eigenvalue weighted by atomic mass is 35.5. The number of carbonyl (C=O) groups is 2. The lowest BCUT2D eigenvalue weighted by Gasteiger charge is -2.07. The molecule has 25 heavy (non-hydrogen) atoms. The maximum Gasteiger partial charge on any atom is 0.228 e. The molecule has 5 nitrogen and oxygen atoms in total. The molecule has 0 spiro atoms. The number of nitrogens with zero attached hydrogens (tertiary/aromatic N) is 2. The van der Waals surface area contributed by atoms with Gasteiger partial charge in [-0.2, -0.15) is 0 Å². The minimum absolute atomic E-state index is 0.134. The van der Waals surface area contributed by atoms with Crippen LogP contribution in [-0.2, 0) is 18.3 Å². The summed E-state index contributed by atoms with van der Waals surface area (Å²) in [5.41, 5.74) is 2.03. The lowest BCUT2D eigenvalue weighted by molar-refractivity contribution is -0.115.